The monoisotopic (exact) mass is 505 g/mol. The zero-order valence-electron chi connectivity index (χ0n) is 16.5. The highest BCUT2D eigenvalue weighted by atomic mass is 35.5. The van der Waals surface area contributed by atoms with E-state index in [0.717, 1.165) is 18.5 Å². The van der Waals surface area contributed by atoms with E-state index in [1.807, 2.05) is 0 Å². The van der Waals surface area contributed by atoms with Crippen molar-refractivity contribution < 1.29 is 17.5 Å². The van der Waals surface area contributed by atoms with E-state index in [2.05, 4.69) is 19.7 Å². The first kappa shape index (κ1) is 22.7. The van der Waals surface area contributed by atoms with Crippen LogP contribution in [0.25, 0.3) is 11.1 Å². The van der Waals surface area contributed by atoms with Crippen molar-refractivity contribution in [3.8, 4) is 22.6 Å². The summed E-state index contributed by atoms with van der Waals surface area (Å²) in [6, 6.07) is 11.3. The number of halogens is 3. The largest absolute Gasteiger partial charge is 0.455 e. The summed E-state index contributed by atoms with van der Waals surface area (Å²) >= 11 is 12.4. The van der Waals surface area contributed by atoms with Crippen LogP contribution in [0.5, 0.6) is 11.5 Å². The second-order valence-corrected chi connectivity index (χ2v) is 9.12. The van der Waals surface area contributed by atoms with Crippen LogP contribution < -0.4 is 15.2 Å². The van der Waals surface area contributed by atoms with Crippen molar-refractivity contribution in [1.29, 1.82) is 0 Å². The summed E-state index contributed by atoms with van der Waals surface area (Å²) in [5.41, 5.74) is 6.98. The first-order valence-electron chi connectivity index (χ1n) is 9.20. The molecule has 0 fully saturated rings. The number of hydrogen-bond acceptors (Lipinski definition) is 7. The number of nitrogens with zero attached hydrogens (tertiary/aromatic N) is 3. The van der Waals surface area contributed by atoms with Crippen LogP contribution in [-0.2, 0) is 10.0 Å². The van der Waals surface area contributed by atoms with Crippen LogP contribution in [0.3, 0.4) is 0 Å². The van der Waals surface area contributed by atoms with Crippen molar-refractivity contribution in [2.75, 3.05) is 10.5 Å². The van der Waals surface area contributed by atoms with Crippen LogP contribution in [0.2, 0.25) is 10.0 Å². The maximum atomic E-state index is 14.8. The zero-order chi connectivity index (χ0) is 23.6. The number of nitrogen functional groups attached to an aromatic ring is 1. The van der Waals surface area contributed by atoms with Crippen LogP contribution in [0.4, 0.5) is 16.0 Å². The maximum Gasteiger partial charge on any atom is 0.266 e. The van der Waals surface area contributed by atoms with Crippen LogP contribution in [0, 0.1) is 5.82 Å². The summed E-state index contributed by atoms with van der Waals surface area (Å²) in [6.45, 7) is 0. The maximum absolute atomic E-state index is 14.8. The second kappa shape index (κ2) is 9.18. The Balaban J connectivity index is 1.69. The van der Waals surface area contributed by atoms with E-state index in [-0.39, 0.29) is 22.4 Å². The summed E-state index contributed by atoms with van der Waals surface area (Å²) in [5.74, 6) is -0.613. The summed E-state index contributed by atoms with van der Waals surface area (Å²) in [4.78, 5) is 10.7. The molecule has 2 aromatic heterocycles. The average Bonchev–Trinajstić information content (AvgIpc) is 2.77. The van der Waals surface area contributed by atoms with Crippen LogP contribution in [0.1, 0.15) is 0 Å². The molecule has 4 aromatic rings. The van der Waals surface area contributed by atoms with Gasteiger partial charge in [-0.25, -0.2) is 27.8 Å². The van der Waals surface area contributed by atoms with Crippen LogP contribution in [-0.4, -0.2) is 23.4 Å². The minimum atomic E-state index is -4.31. The Morgan fingerprint density at radius 1 is 0.970 bits per heavy atom. The summed E-state index contributed by atoms with van der Waals surface area (Å²) in [6.07, 6.45) is 4.01. The smallest absolute Gasteiger partial charge is 0.266 e. The Labute approximate surface area is 198 Å². The lowest BCUT2D eigenvalue weighted by Crippen LogP contribution is -2.15. The van der Waals surface area contributed by atoms with E-state index >= 15 is 0 Å². The molecular weight excluding hydrogens is 492 g/mol. The molecule has 0 saturated carbocycles. The Kier molecular flexibility index (Phi) is 6.32. The number of nitrogens with one attached hydrogen (secondary N) is 1. The molecule has 2 aromatic carbocycles. The summed E-state index contributed by atoms with van der Waals surface area (Å²) in [5, 5.41) is 0.303. The Bertz CT molecular complexity index is 1440. The van der Waals surface area contributed by atoms with Gasteiger partial charge in [0.15, 0.2) is 0 Å². The second-order valence-electron chi connectivity index (χ2n) is 6.63. The number of anilines is 2. The molecule has 0 spiro atoms. The Hall–Kier alpha value is -3.47. The molecule has 33 heavy (non-hydrogen) atoms. The van der Waals surface area contributed by atoms with Crippen molar-refractivity contribution in [2.45, 2.75) is 4.90 Å². The number of ether oxygens (including phenoxy) is 1. The highest BCUT2D eigenvalue weighted by molar-refractivity contribution is 7.92. The zero-order valence-corrected chi connectivity index (χ0v) is 18.9. The molecule has 4 rings (SSSR count). The highest BCUT2D eigenvalue weighted by Gasteiger charge is 2.23. The summed E-state index contributed by atoms with van der Waals surface area (Å²) < 4.78 is 48.0. The van der Waals surface area contributed by atoms with Gasteiger partial charge < -0.3 is 10.5 Å². The number of nitrogens with two attached hydrogens (primary N) is 1. The molecule has 0 radical (unpaired) electrons. The van der Waals surface area contributed by atoms with E-state index in [4.69, 9.17) is 33.7 Å². The molecule has 0 saturated heterocycles. The highest BCUT2D eigenvalue weighted by Crippen LogP contribution is 2.39. The van der Waals surface area contributed by atoms with Gasteiger partial charge in [-0.05, 0) is 48.0 Å². The van der Waals surface area contributed by atoms with E-state index < -0.39 is 20.7 Å². The predicted molar refractivity (Wildman–Crippen MR) is 123 cm³/mol. The third-order valence-corrected chi connectivity index (χ3v) is 6.25. The quantitative estimate of drug-likeness (QED) is 0.371. The van der Waals surface area contributed by atoms with E-state index in [1.54, 1.807) is 30.3 Å². The van der Waals surface area contributed by atoms with Gasteiger partial charge >= 0.3 is 0 Å². The molecular formula is C21H14Cl2FN5O3S. The molecule has 0 atom stereocenters. The predicted octanol–water partition coefficient (Wildman–Crippen LogP) is 5.16. The van der Waals surface area contributed by atoms with Crippen LogP contribution >= 0.6 is 23.2 Å². The van der Waals surface area contributed by atoms with Gasteiger partial charge in [0.1, 0.15) is 40.2 Å². The molecule has 12 heteroatoms. The van der Waals surface area contributed by atoms with Gasteiger partial charge in [0.25, 0.3) is 10.0 Å². The SMILES string of the molecule is Nc1cc(-c2cc(Cl)ccc2Oc2cc(F)c(S(=O)(=O)Nc3ccncn3)cc2Cl)ccn1. The molecule has 0 bridgehead atoms. The van der Waals surface area contributed by atoms with Crippen molar-refractivity contribution >= 4 is 44.9 Å². The molecule has 0 unspecified atom stereocenters. The van der Waals surface area contributed by atoms with Gasteiger partial charge in [-0.2, -0.15) is 0 Å². The number of benzene rings is 2. The summed E-state index contributed by atoms with van der Waals surface area (Å²) in [7, 11) is -4.31. The fraction of sp³-hybridized carbons (Fsp3) is 0. The fourth-order valence-corrected chi connectivity index (χ4v) is 4.42. The topological polar surface area (TPSA) is 120 Å². The number of rotatable bonds is 6. The third-order valence-electron chi connectivity index (χ3n) is 4.35. The van der Waals surface area contributed by atoms with Gasteiger partial charge in [0.2, 0.25) is 0 Å². The van der Waals surface area contributed by atoms with Crippen molar-refractivity contribution in [1.82, 2.24) is 15.0 Å². The number of pyridine rings is 1. The lowest BCUT2D eigenvalue weighted by atomic mass is 10.1. The standard InChI is InChI=1S/C21H14Cl2FN5O3S/c22-13-1-2-17(14(8-13)12-3-6-27-20(25)7-12)32-18-10-16(24)19(9-15(18)23)33(30,31)29-21-4-5-26-11-28-21/h1-11H,(H2,25,27)(H,26,28,29). The van der Waals surface area contributed by atoms with Crippen molar-refractivity contribution in [3.63, 3.8) is 0 Å². The first-order chi connectivity index (χ1) is 15.7. The van der Waals surface area contributed by atoms with E-state index in [9.17, 15) is 12.8 Å². The fourth-order valence-electron chi connectivity index (χ4n) is 2.89. The number of aromatic nitrogens is 3. The minimum Gasteiger partial charge on any atom is -0.455 e. The van der Waals surface area contributed by atoms with Crippen LogP contribution in [0.15, 0.2) is 72.1 Å². The molecule has 2 heterocycles. The lowest BCUT2D eigenvalue weighted by molar-refractivity contribution is 0.475. The van der Waals surface area contributed by atoms with Crippen molar-refractivity contribution in [2.24, 2.45) is 0 Å². The number of hydrogen-bond donors (Lipinski definition) is 2. The minimum absolute atomic E-state index is 0.0247. The molecule has 0 aliphatic heterocycles. The lowest BCUT2D eigenvalue weighted by Gasteiger charge is -2.15. The van der Waals surface area contributed by atoms with Gasteiger partial charge in [-0.1, -0.05) is 23.2 Å². The molecule has 8 nitrogen and oxygen atoms in total. The molecule has 3 N–H and O–H groups in total. The van der Waals surface area contributed by atoms with Gasteiger partial charge in [0.05, 0.1) is 5.02 Å². The van der Waals surface area contributed by atoms with Crippen molar-refractivity contribution in [3.05, 3.63) is 83.1 Å². The van der Waals surface area contributed by atoms with Gasteiger partial charge in [0, 0.05) is 29.0 Å². The van der Waals surface area contributed by atoms with Gasteiger partial charge in [-0.15, -0.1) is 0 Å². The third kappa shape index (κ3) is 5.14. The van der Waals surface area contributed by atoms with E-state index in [1.165, 1.54) is 18.5 Å². The Morgan fingerprint density at radius 2 is 1.79 bits per heavy atom. The van der Waals surface area contributed by atoms with E-state index in [0.29, 0.717) is 21.9 Å². The molecule has 0 amide bonds. The Morgan fingerprint density at radius 3 is 2.52 bits per heavy atom. The molecule has 168 valence electrons. The number of sulfonamides is 1. The normalized spacial score (nSPS) is 11.2. The first-order valence-corrected chi connectivity index (χ1v) is 11.4. The molecule has 0 aliphatic carbocycles. The molecule has 0 aliphatic rings. The average molecular weight is 506 g/mol. The van der Waals surface area contributed by atoms with Gasteiger partial charge in [-0.3, -0.25) is 4.72 Å².